The molecule has 1 aliphatic heterocycles. The maximum atomic E-state index is 12.4. The molecule has 1 amide bonds. The average Bonchev–Trinajstić information content (AvgIpc) is 2.74. The van der Waals surface area contributed by atoms with Gasteiger partial charge in [0.1, 0.15) is 5.75 Å². The number of rotatable bonds is 9. The topological polar surface area (TPSA) is 54.0 Å². The van der Waals surface area contributed by atoms with Gasteiger partial charge in [0, 0.05) is 57.0 Å². The highest BCUT2D eigenvalue weighted by Gasteiger charge is 2.20. The monoisotopic (exact) mass is 431 g/mol. The van der Waals surface area contributed by atoms with Gasteiger partial charge in [0.25, 0.3) is 0 Å². The van der Waals surface area contributed by atoms with Crippen molar-refractivity contribution in [2.45, 2.75) is 19.7 Å². The van der Waals surface area contributed by atoms with E-state index in [1.165, 1.54) is 0 Å². The van der Waals surface area contributed by atoms with Crippen LogP contribution in [0.5, 0.6) is 5.75 Å². The summed E-state index contributed by atoms with van der Waals surface area (Å²) >= 11 is 6.14. The van der Waals surface area contributed by atoms with Gasteiger partial charge in [0.2, 0.25) is 5.91 Å². The molecule has 30 heavy (non-hydrogen) atoms. The van der Waals surface area contributed by atoms with E-state index < -0.39 is 0 Å². The SMILES string of the molecule is COCc1cccc(CNC(=O)CN2CCN(Cc3cc(Cl)ccc3OC)CC2)c1. The maximum absolute atomic E-state index is 12.4. The molecule has 0 spiro atoms. The number of piperazine rings is 1. The molecule has 0 bridgehead atoms. The summed E-state index contributed by atoms with van der Waals surface area (Å²) in [6, 6.07) is 13.8. The van der Waals surface area contributed by atoms with Crippen LogP contribution < -0.4 is 10.1 Å². The molecule has 0 radical (unpaired) electrons. The first kappa shape index (κ1) is 22.6. The molecule has 162 valence electrons. The molecule has 0 aromatic heterocycles. The molecule has 2 aromatic rings. The third-order valence-corrected chi connectivity index (χ3v) is 5.50. The van der Waals surface area contributed by atoms with Crippen LogP contribution in [0.25, 0.3) is 0 Å². The van der Waals surface area contributed by atoms with Crippen LogP contribution in [0, 0.1) is 0 Å². The van der Waals surface area contributed by atoms with Crippen molar-refractivity contribution in [3.63, 3.8) is 0 Å². The molecule has 0 atom stereocenters. The fourth-order valence-corrected chi connectivity index (χ4v) is 3.87. The lowest BCUT2D eigenvalue weighted by Crippen LogP contribution is -2.49. The van der Waals surface area contributed by atoms with Crippen molar-refractivity contribution in [2.75, 3.05) is 46.9 Å². The first-order valence-corrected chi connectivity index (χ1v) is 10.6. The lowest BCUT2D eigenvalue weighted by atomic mass is 10.1. The zero-order valence-electron chi connectivity index (χ0n) is 17.7. The van der Waals surface area contributed by atoms with Gasteiger partial charge in [0.05, 0.1) is 20.3 Å². The number of hydrogen-bond donors (Lipinski definition) is 1. The number of carbonyl (C=O) groups excluding carboxylic acids is 1. The zero-order chi connectivity index (χ0) is 21.3. The molecular weight excluding hydrogens is 402 g/mol. The van der Waals surface area contributed by atoms with Crippen LogP contribution in [0.15, 0.2) is 42.5 Å². The second kappa shape index (κ2) is 11.3. The molecule has 3 rings (SSSR count). The van der Waals surface area contributed by atoms with Crippen molar-refractivity contribution in [3.8, 4) is 5.75 Å². The predicted molar refractivity (Wildman–Crippen MR) is 119 cm³/mol. The Morgan fingerprint density at radius 1 is 1.03 bits per heavy atom. The van der Waals surface area contributed by atoms with Crippen molar-refractivity contribution < 1.29 is 14.3 Å². The third-order valence-electron chi connectivity index (χ3n) is 5.26. The minimum absolute atomic E-state index is 0.0529. The highest BCUT2D eigenvalue weighted by molar-refractivity contribution is 6.30. The van der Waals surface area contributed by atoms with Crippen molar-refractivity contribution in [1.82, 2.24) is 15.1 Å². The second-order valence-electron chi connectivity index (χ2n) is 7.54. The summed E-state index contributed by atoms with van der Waals surface area (Å²) in [4.78, 5) is 16.9. The molecule has 1 saturated heterocycles. The van der Waals surface area contributed by atoms with Crippen molar-refractivity contribution in [3.05, 3.63) is 64.2 Å². The molecule has 6 nitrogen and oxygen atoms in total. The maximum Gasteiger partial charge on any atom is 0.234 e. The van der Waals surface area contributed by atoms with Gasteiger partial charge in [0.15, 0.2) is 0 Å². The van der Waals surface area contributed by atoms with E-state index in [4.69, 9.17) is 21.1 Å². The van der Waals surface area contributed by atoms with Gasteiger partial charge in [-0.2, -0.15) is 0 Å². The van der Waals surface area contributed by atoms with E-state index in [0.29, 0.717) is 24.7 Å². The van der Waals surface area contributed by atoms with Crippen molar-refractivity contribution >= 4 is 17.5 Å². The molecule has 1 aliphatic rings. The first-order chi connectivity index (χ1) is 14.6. The van der Waals surface area contributed by atoms with E-state index in [1.54, 1.807) is 14.2 Å². The second-order valence-corrected chi connectivity index (χ2v) is 7.97. The van der Waals surface area contributed by atoms with Gasteiger partial charge in [-0.05, 0) is 29.3 Å². The molecule has 1 N–H and O–H groups in total. The highest BCUT2D eigenvalue weighted by Crippen LogP contribution is 2.24. The van der Waals surface area contributed by atoms with E-state index >= 15 is 0 Å². The number of amides is 1. The smallest absolute Gasteiger partial charge is 0.234 e. The van der Waals surface area contributed by atoms with Gasteiger partial charge in [-0.3, -0.25) is 14.6 Å². The minimum Gasteiger partial charge on any atom is -0.496 e. The van der Waals surface area contributed by atoms with Crippen molar-refractivity contribution in [2.24, 2.45) is 0 Å². The number of benzene rings is 2. The minimum atomic E-state index is 0.0529. The summed E-state index contributed by atoms with van der Waals surface area (Å²) in [5.41, 5.74) is 3.28. The molecule has 0 saturated carbocycles. The number of hydrogen-bond acceptors (Lipinski definition) is 5. The van der Waals surface area contributed by atoms with Crippen LogP contribution in [-0.2, 0) is 29.2 Å². The number of halogens is 1. The Morgan fingerprint density at radius 3 is 2.50 bits per heavy atom. The number of nitrogens with zero attached hydrogens (tertiary/aromatic N) is 2. The van der Waals surface area contributed by atoms with Crippen LogP contribution in [0.1, 0.15) is 16.7 Å². The lowest BCUT2D eigenvalue weighted by molar-refractivity contribution is -0.122. The van der Waals surface area contributed by atoms with Crippen LogP contribution in [-0.4, -0.2) is 62.7 Å². The van der Waals surface area contributed by atoms with Gasteiger partial charge in [-0.1, -0.05) is 35.9 Å². The molecule has 0 aliphatic carbocycles. The average molecular weight is 432 g/mol. The van der Waals surface area contributed by atoms with Crippen LogP contribution in [0.4, 0.5) is 0 Å². The summed E-state index contributed by atoms with van der Waals surface area (Å²) in [6.45, 7) is 5.86. The summed E-state index contributed by atoms with van der Waals surface area (Å²) in [6.07, 6.45) is 0. The van der Waals surface area contributed by atoms with Gasteiger partial charge in [-0.25, -0.2) is 0 Å². The largest absolute Gasteiger partial charge is 0.496 e. The highest BCUT2D eigenvalue weighted by atomic mass is 35.5. The zero-order valence-corrected chi connectivity index (χ0v) is 18.5. The van der Waals surface area contributed by atoms with E-state index in [-0.39, 0.29) is 5.91 Å². The van der Waals surface area contributed by atoms with Gasteiger partial charge in [-0.15, -0.1) is 0 Å². The Labute approximate surface area is 183 Å². The molecule has 1 fully saturated rings. The van der Waals surface area contributed by atoms with Gasteiger partial charge < -0.3 is 14.8 Å². The van der Waals surface area contributed by atoms with Crippen LogP contribution >= 0.6 is 11.6 Å². The van der Waals surface area contributed by atoms with E-state index in [2.05, 4.69) is 21.2 Å². The molecule has 7 heteroatoms. The van der Waals surface area contributed by atoms with Crippen LogP contribution in [0.3, 0.4) is 0 Å². The Balaban J connectivity index is 1.42. The Kier molecular flexibility index (Phi) is 8.51. The summed E-state index contributed by atoms with van der Waals surface area (Å²) in [5, 5.41) is 3.74. The van der Waals surface area contributed by atoms with E-state index in [1.807, 2.05) is 36.4 Å². The standard InChI is InChI=1S/C23H30ClN3O3/c1-29-17-19-5-3-4-18(12-19)14-25-23(28)16-27-10-8-26(9-11-27)15-20-13-21(24)6-7-22(20)30-2/h3-7,12-13H,8-11,14-17H2,1-2H3,(H,25,28). The lowest BCUT2D eigenvalue weighted by Gasteiger charge is -2.34. The Bertz CT molecular complexity index is 838. The van der Waals surface area contributed by atoms with Crippen LogP contribution in [0.2, 0.25) is 5.02 Å². The number of carbonyl (C=O) groups is 1. The first-order valence-electron chi connectivity index (χ1n) is 10.2. The van der Waals surface area contributed by atoms with Gasteiger partial charge >= 0.3 is 0 Å². The number of nitrogens with one attached hydrogen (secondary N) is 1. The normalized spacial score (nSPS) is 15.2. The third kappa shape index (κ3) is 6.71. The summed E-state index contributed by atoms with van der Waals surface area (Å²) in [7, 11) is 3.36. The predicted octanol–water partition coefficient (Wildman–Crippen LogP) is 2.93. The Morgan fingerprint density at radius 2 is 1.77 bits per heavy atom. The fourth-order valence-electron chi connectivity index (χ4n) is 3.67. The van der Waals surface area contributed by atoms with E-state index in [0.717, 1.165) is 55.2 Å². The van der Waals surface area contributed by atoms with Crippen molar-refractivity contribution in [1.29, 1.82) is 0 Å². The number of methoxy groups -OCH3 is 2. The molecular formula is C23H30ClN3O3. The quantitative estimate of drug-likeness (QED) is 0.661. The molecule has 2 aromatic carbocycles. The summed E-state index contributed by atoms with van der Waals surface area (Å²) in [5.74, 6) is 0.910. The number of ether oxygens (including phenoxy) is 2. The summed E-state index contributed by atoms with van der Waals surface area (Å²) < 4.78 is 10.6. The van der Waals surface area contributed by atoms with E-state index in [9.17, 15) is 4.79 Å². The molecule has 1 heterocycles. The fraction of sp³-hybridized carbons (Fsp3) is 0.435. The Hall–Kier alpha value is -2.12. The molecule has 0 unspecified atom stereocenters.